The molecule has 0 spiro atoms. The molecule has 0 saturated carbocycles. The number of aromatic nitrogens is 2. The fourth-order valence-corrected chi connectivity index (χ4v) is 2.04. The van der Waals surface area contributed by atoms with E-state index >= 15 is 0 Å². The maximum absolute atomic E-state index is 3.95. The molecule has 0 amide bonds. The van der Waals surface area contributed by atoms with Gasteiger partial charge in [-0.15, -0.1) is 11.8 Å². The Morgan fingerprint density at radius 1 is 1.35 bits per heavy atom. The van der Waals surface area contributed by atoms with E-state index in [0.29, 0.717) is 6.04 Å². The molecule has 1 aromatic carbocycles. The van der Waals surface area contributed by atoms with Gasteiger partial charge in [-0.25, -0.2) is 0 Å². The summed E-state index contributed by atoms with van der Waals surface area (Å²) in [5.41, 5.74) is 2.49. The number of nitrogens with one attached hydrogen (secondary N) is 2. The van der Waals surface area contributed by atoms with E-state index in [1.807, 2.05) is 12.4 Å². The lowest BCUT2D eigenvalue weighted by Crippen LogP contribution is -2.17. The van der Waals surface area contributed by atoms with Gasteiger partial charge in [-0.3, -0.25) is 5.10 Å². The van der Waals surface area contributed by atoms with Crippen molar-refractivity contribution in [3.05, 3.63) is 47.8 Å². The molecule has 0 aliphatic heterocycles. The number of nitrogens with zero attached hydrogens (tertiary/aromatic N) is 1. The normalized spacial score (nSPS) is 12.6. The molecule has 1 heterocycles. The Hall–Kier alpha value is -1.26. The summed E-state index contributed by atoms with van der Waals surface area (Å²) in [6.45, 7) is 3.02. The Kier molecular flexibility index (Phi) is 4.23. The van der Waals surface area contributed by atoms with Crippen LogP contribution in [0.1, 0.15) is 24.1 Å². The third-order valence-electron chi connectivity index (χ3n) is 2.79. The van der Waals surface area contributed by atoms with Crippen LogP contribution in [-0.4, -0.2) is 16.5 Å². The Morgan fingerprint density at radius 3 is 2.71 bits per heavy atom. The highest BCUT2D eigenvalue weighted by molar-refractivity contribution is 7.98. The lowest BCUT2D eigenvalue weighted by Gasteiger charge is -2.12. The zero-order chi connectivity index (χ0) is 12.1. The maximum Gasteiger partial charge on any atom is 0.0534 e. The summed E-state index contributed by atoms with van der Waals surface area (Å²) in [5, 5.41) is 10.3. The highest BCUT2D eigenvalue weighted by Crippen LogP contribution is 2.15. The first-order valence-corrected chi connectivity index (χ1v) is 6.87. The lowest BCUT2D eigenvalue weighted by atomic mass is 10.1. The molecule has 1 atom stereocenters. The molecule has 2 aromatic rings. The first kappa shape index (κ1) is 12.2. The first-order chi connectivity index (χ1) is 8.29. The van der Waals surface area contributed by atoms with E-state index in [2.05, 4.69) is 53.0 Å². The Labute approximate surface area is 106 Å². The number of rotatable bonds is 5. The van der Waals surface area contributed by atoms with Gasteiger partial charge in [-0.05, 0) is 30.9 Å². The molecule has 0 fully saturated rings. The van der Waals surface area contributed by atoms with E-state index in [1.165, 1.54) is 16.0 Å². The molecule has 0 radical (unpaired) electrons. The average Bonchev–Trinajstić information content (AvgIpc) is 2.90. The highest BCUT2D eigenvalue weighted by Gasteiger charge is 2.05. The third-order valence-corrected chi connectivity index (χ3v) is 3.53. The van der Waals surface area contributed by atoms with E-state index in [0.717, 1.165) is 6.54 Å². The summed E-state index contributed by atoms with van der Waals surface area (Å²) >= 11 is 1.77. The van der Waals surface area contributed by atoms with Gasteiger partial charge in [0.25, 0.3) is 0 Å². The molecule has 1 aromatic heterocycles. The Balaban J connectivity index is 1.89. The van der Waals surface area contributed by atoms with Crippen LogP contribution in [0.25, 0.3) is 0 Å². The van der Waals surface area contributed by atoms with E-state index in [1.54, 1.807) is 11.8 Å². The minimum absolute atomic E-state index is 0.314. The predicted molar refractivity (Wildman–Crippen MR) is 72.1 cm³/mol. The molecular formula is C13H17N3S. The number of benzene rings is 1. The number of thioether (sulfide) groups is 1. The van der Waals surface area contributed by atoms with Gasteiger partial charge in [0.2, 0.25) is 0 Å². The molecule has 0 bridgehead atoms. The predicted octanol–water partition coefficient (Wildman–Crippen LogP) is 2.98. The molecule has 4 heteroatoms. The summed E-state index contributed by atoms with van der Waals surface area (Å²) in [7, 11) is 0. The number of hydrogen-bond acceptors (Lipinski definition) is 3. The monoisotopic (exact) mass is 247 g/mol. The minimum atomic E-state index is 0.314. The number of aromatic amines is 1. The van der Waals surface area contributed by atoms with Gasteiger partial charge in [-0.1, -0.05) is 12.1 Å². The largest absolute Gasteiger partial charge is 0.306 e. The molecule has 0 saturated heterocycles. The van der Waals surface area contributed by atoms with Crippen molar-refractivity contribution in [2.45, 2.75) is 24.4 Å². The first-order valence-electron chi connectivity index (χ1n) is 5.64. The quantitative estimate of drug-likeness (QED) is 0.798. The van der Waals surface area contributed by atoms with E-state index < -0.39 is 0 Å². The zero-order valence-electron chi connectivity index (χ0n) is 10.1. The van der Waals surface area contributed by atoms with Gasteiger partial charge in [0.1, 0.15) is 0 Å². The topological polar surface area (TPSA) is 40.7 Å². The second-order valence-electron chi connectivity index (χ2n) is 3.98. The van der Waals surface area contributed by atoms with Crippen molar-refractivity contribution in [3.63, 3.8) is 0 Å². The molecule has 3 nitrogen and oxygen atoms in total. The van der Waals surface area contributed by atoms with Gasteiger partial charge < -0.3 is 5.32 Å². The molecule has 1 unspecified atom stereocenters. The van der Waals surface area contributed by atoms with Gasteiger partial charge in [0.05, 0.1) is 6.20 Å². The van der Waals surface area contributed by atoms with Crippen molar-refractivity contribution >= 4 is 11.8 Å². The van der Waals surface area contributed by atoms with Crippen LogP contribution in [-0.2, 0) is 6.54 Å². The van der Waals surface area contributed by atoms with Gasteiger partial charge in [-0.2, -0.15) is 5.10 Å². The van der Waals surface area contributed by atoms with E-state index in [4.69, 9.17) is 0 Å². The van der Waals surface area contributed by atoms with Gasteiger partial charge >= 0.3 is 0 Å². The van der Waals surface area contributed by atoms with Gasteiger partial charge in [0, 0.05) is 29.2 Å². The van der Waals surface area contributed by atoms with Crippen LogP contribution in [0.4, 0.5) is 0 Å². The van der Waals surface area contributed by atoms with Crippen molar-refractivity contribution in [2.24, 2.45) is 0 Å². The van der Waals surface area contributed by atoms with Crippen LogP contribution >= 0.6 is 11.8 Å². The van der Waals surface area contributed by atoms with Crippen LogP contribution in [0.3, 0.4) is 0 Å². The van der Waals surface area contributed by atoms with Crippen LogP contribution in [0.2, 0.25) is 0 Å². The van der Waals surface area contributed by atoms with Crippen molar-refractivity contribution in [1.82, 2.24) is 15.5 Å². The van der Waals surface area contributed by atoms with Gasteiger partial charge in [0.15, 0.2) is 0 Å². The fraction of sp³-hybridized carbons (Fsp3) is 0.308. The Bertz CT molecular complexity index is 436. The van der Waals surface area contributed by atoms with Crippen molar-refractivity contribution in [1.29, 1.82) is 0 Å². The van der Waals surface area contributed by atoms with Crippen LogP contribution in [0.5, 0.6) is 0 Å². The molecule has 0 aliphatic rings. The summed E-state index contributed by atoms with van der Waals surface area (Å²) in [5.74, 6) is 0. The third kappa shape index (κ3) is 3.35. The smallest absolute Gasteiger partial charge is 0.0534 e. The molecule has 90 valence electrons. The van der Waals surface area contributed by atoms with Crippen molar-refractivity contribution in [3.8, 4) is 0 Å². The molecule has 17 heavy (non-hydrogen) atoms. The second kappa shape index (κ2) is 5.89. The molecule has 0 aliphatic carbocycles. The summed E-state index contributed by atoms with van der Waals surface area (Å²) in [6.07, 6.45) is 5.87. The number of H-pyrrole nitrogens is 1. The minimum Gasteiger partial charge on any atom is -0.306 e. The average molecular weight is 247 g/mol. The molecule has 2 N–H and O–H groups in total. The number of hydrogen-bond donors (Lipinski definition) is 2. The second-order valence-corrected chi connectivity index (χ2v) is 4.86. The highest BCUT2D eigenvalue weighted by atomic mass is 32.2. The van der Waals surface area contributed by atoms with Crippen LogP contribution in [0, 0.1) is 0 Å². The SMILES string of the molecule is CSc1ccc(CNC(C)c2cn[nH]c2)cc1. The summed E-state index contributed by atoms with van der Waals surface area (Å²) < 4.78 is 0. The Morgan fingerprint density at radius 2 is 2.12 bits per heavy atom. The standard InChI is InChI=1S/C13H17N3S/c1-10(12-8-15-16-9-12)14-7-11-3-5-13(17-2)6-4-11/h3-6,8-10,14H,7H2,1-2H3,(H,15,16). The molecular weight excluding hydrogens is 230 g/mol. The van der Waals surface area contributed by atoms with Crippen LogP contribution in [0.15, 0.2) is 41.6 Å². The fourth-order valence-electron chi connectivity index (χ4n) is 1.63. The maximum atomic E-state index is 3.95. The summed E-state index contributed by atoms with van der Waals surface area (Å²) in [4.78, 5) is 1.30. The molecule has 2 rings (SSSR count). The van der Waals surface area contributed by atoms with Crippen molar-refractivity contribution < 1.29 is 0 Å². The zero-order valence-corrected chi connectivity index (χ0v) is 10.9. The van der Waals surface area contributed by atoms with E-state index in [9.17, 15) is 0 Å². The van der Waals surface area contributed by atoms with E-state index in [-0.39, 0.29) is 0 Å². The summed E-state index contributed by atoms with van der Waals surface area (Å²) in [6, 6.07) is 8.96. The van der Waals surface area contributed by atoms with Crippen LogP contribution < -0.4 is 5.32 Å². The van der Waals surface area contributed by atoms with Crippen molar-refractivity contribution in [2.75, 3.05) is 6.26 Å². The lowest BCUT2D eigenvalue weighted by molar-refractivity contribution is 0.575.